The van der Waals surface area contributed by atoms with Crippen LogP contribution in [0.15, 0.2) is 0 Å². The van der Waals surface area contributed by atoms with Crippen molar-refractivity contribution in [3.05, 3.63) is 0 Å². The summed E-state index contributed by atoms with van der Waals surface area (Å²) in [5, 5.41) is 3.40. The van der Waals surface area contributed by atoms with Crippen LogP contribution in [0, 0.1) is 5.92 Å². The Morgan fingerprint density at radius 2 is 1.95 bits per heavy atom. The number of carbonyl (C=O) groups is 1. The number of piperidine rings is 1. The first-order valence-corrected chi connectivity index (χ1v) is 8.17. The Bertz CT molecular complexity index is 324. The molecule has 2 saturated heterocycles. The molecule has 0 bridgehead atoms. The summed E-state index contributed by atoms with van der Waals surface area (Å²) in [7, 11) is 0. The fourth-order valence-electron chi connectivity index (χ4n) is 2.71. The van der Waals surface area contributed by atoms with Crippen LogP contribution in [0.25, 0.3) is 0 Å². The van der Waals surface area contributed by atoms with Crippen molar-refractivity contribution in [2.45, 2.75) is 37.1 Å². The molecule has 0 aromatic heterocycles. The highest BCUT2D eigenvalue weighted by Crippen LogP contribution is 2.33. The molecule has 0 aromatic rings. The Labute approximate surface area is 121 Å². The number of thioether (sulfide) groups is 1. The van der Waals surface area contributed by atoms with Crippen LogP contribution in [0.3, 0.4) is 0 Å². The Morgan fingerprint density at radius 1 is 1.25 bits per heavy atom. The molecule has 0 aromatic carbocycles. The SMILES string of the molecule is O=C(CN1CCC(C(F)(F)F)CC1)NC[C@@H]1CCCS1. The van der Waals surface area contributed by atoms with Crippen molar-refractivity contribution in [3.63, 3.8) is 0 Å². The smallest absolute Gasteiger partial charge is 0.354 e. The second-order valence-corrected chi connectivity index (χ2v) is 6.94. The van der Waals surface area contributed by atoms with Crippen LogP contribution in [0.5, 0.6) is 0 Å². The van der Waals surface area contributed by atoms with Crippen LogP contribution in [0.1, 0.15) is 25.7 Å². The second-order valence-electron chi connectivity index (χ2n) is 5.53. The number of likely N-dealkylation sites (tertiary alicyclic amines) is 1. The maximum Gasteiger partial charge on any atom is 0.391 e. The molecule has 20 heavy (non-hydrogen) atoms. The lowest BCUT2D eigenvalue weighted by atomic mass is 9.96. The van der Waals surface area contributed by atoms with E-state index in [0.29, 0.717) is 24.9 Å². The third-order valence-electron chi connectivity index (χ3n) is 3.97. The van der Waals surface area contributed by atoms with Crippen molar-refractivity contribution in [2.24, 2.45) is 5.92 Å². The molecule has 3 nitrogen and oxygen atoms in total. The van der Waals surface area contributed by atoms with Gasteiger partial charge in [-0.05, 0) is 44.5 Å². The number of carbonyl (C=O) groups excluding carboxylic acids is 1. The highest BCUT2D eigenvalue weighted by molar-refractivity contribution is 8.00. The zero-order chi connectivity index (χ0) is 14.6. The molecule has 1 amide bonds. The van der Waals surface area contributed by atoms with E-state index >= 15 is 0 Å². The summed E-state index contributed by atoms with van der Waals surface area (Å²) < 4.78 is 37.6. The van der Waals surface area contributed by atoms with Gasteiger partial charge in [-0.25, -0.2) is 0 Å². The van der Waals surface area contributed by atoms with E-state index in [1.807, 2.05) is 16.7 Å². The van der Waals surface area contributed by atoms with Gasteiger partial charge in [0, 0.05) is 11.8 Å². The van der Waals surface area contributed by atoms with Crippen LogP contribution in [0.4, 0.5) is 13.2 Å². The maximum atomic E-state index is 12.5. The summed E-state index contributed by atoms with van der Waals surface area (Å²) in [6.45, 7) is 1.62. The first-order chi connectivity index (χ1) is 9.45. The number of rotatable bonds is 4. The molecule has 7 heteroatoms. The fourth-order valence-corrected chi connectivity index (χ4v) is 3.91. The Hall–Kier alpha value is -0.430. The summed E-state index contributed by atoms with van der Waals surface area (Å²) in [5.74, 6) is -0.106. The molecule has 2 aliphatic rings. The Kier molecular flexibility index (Phi) is 5.60. The number of nitrogens with zero attached hydrogens (tertiary/aromatic N) is 1. The summed E-state index contributed by atoms with van der Waals surface area (Å²) >= 11 is 1.88. The normalized spacial score (nSPS) is 25.9. The van der Waals surface area contributed by atoms with E-state index < -0.39 is 12.1 Å². The van der Waals surface area contributed by atoms with Crippen LogP contribution in [-0.4, -0.2) is 54.2 Å². The zero-order valence-corrected chi connectivity index (χ0v) is 12.2. The fraction of sp³-hybridized carbons (Fsp3) is 0.923. The minimum Gasteiger partial charge on any atom is -0.354 e. The largest absolute Gasteiger partial charge is 0.391 e. The van der Waals surface area contributed by atoms with Gasteiger partial charge in [0.2, 0.25) is 5.91 Å². The van der Waals surface area contributed by atoms with E-state index in [4.69, 9.17) is 0 Å². The number of hydrogen-bond acceptors (Lipinski definition) is 3. The predicted molar refractivity (Wildman–Crippen MR) is 73.7 cm³/mol. The predicted octanol–water partition coefficient (Wildman–Crippen LogP) is 2.27. The molecular formula is C13H21F3N2OS. The molecule has 0 spiro atoms. The van der Waals surface area contributed by atoms with Gasteiger partial charge in [0.05, 0.1) is 12.5 Å². The van der Waals surface area contributed by atoms with Gasteiger partial charge in [0.15, 0.2) is 0 Å². The van der Waals surface area contributed by atoms with Crippen molar-refractivity contribution in [2.75, 3.05) is 31.9 Å². The molecule has 2 aliphatic heterocycles. The van der Waals surface area contributed by atoms with E-state index in [1.165, 1.54) is 6.42 Å². The summed E-state index contributed by atoms with van der Waals surface area (Å²) in [4.78, 5) is 13.6. The molecule has 0 saturated carbocycles. The monoisotopic (exact) mass is 310 g/mol. The quantitative estimate of drug-likeness (QED) is 0.864. The first kappa shape index (κ1) is 15.9. The van der Waals surface area contributed by atoms with Crippen LogP contribution < -0.4 is 5.32 Å². The first-order valence-electron chi connectivity index (χ1n) is 7.12. The third-order valence-corrected chi connectivity index (χ3v) is 5.37. The molecule has 116 valence electrons. The number of amides is 1. The van der Waals surface area contributed by atoms with Gasteiger partial charge in [-0.1, -0.05) is 0 Å². The molecular weight excluding hydrogens is 289 g/mol. The van der Waals surface area contributed by atoms with Crippen LogP contribution >= 0.6 is 11.8 Å². The van der Waals surface area contributed by atoms with Gasteiger partial charge in [-0.2, -0.15) is 24.9 Å². The molecule has 0 aliphatic carbocycles. The van der Waals surface area contributed by atoms with E-state index in [0.717, 1.165) is 12.2 Å². The van der Waals surface area contributed by atoms with Gasteiger partial charge in [0.25, 0.3) is 0 Å². The van der Waals surface area contributed by atoms with E-state index in [9.17, 15) is 18.0 Å². The molecule has 0 unspecified atom stereocenters. The minimum absolute atomic E-state index is 0.0667. The standard InChI is InChI=1S/C13H21F3N2OS/c14-13(15,16)10-3-5-18(6-4-10)9-12(19)17-8-11-2-1-7-20-11/h10-11H,1-9H2,(H,17,19)/t11-/m0/s1. The van der Waals surface area contributed by atoms with E-state index in [1.54, 1.807) is 0 Å². The van der Waals surface area contributed by atoms with Gasteiger partial charge in [-0.15, -0.1) is 0 Å². The molecule has 1 atom stereocenters. The average Bonchev–Trinajstić information content (AvgIpc) is 2.89. The average molecular weight is 310 g/mol. The molecule has 2 heterocycles. The van der Waals surface area contributed by atoms with Crippen molar-refractivity contribution >= 4 is 17.7 Å². The number of halogens is 3. The van der Waals surface area contributed by atoms with E-state index in [-0.39, 0.29) is 25.3 Å². The van der Waals surface area contributed by atoms with Crippen LogP contribution in [0.2, 0.25) is 0 Å². The van der Waals surface area contributed by atoms with Gasteiger partial charge >= 0.3 is 6.18 Å². The van der Waals surface area contributed by atoms with Crippen LogP contribution in [-0.2, 0) is 4.79 Å². The highest BCUT2D eigenvalue weighted by Gasteiger charge is 2.41. The molecule has 1 N–H and O–H groups in total. The van der Waals surface area contributed by atoms with E-state index in [2.05, 4.69) is 5.32 Å². The summed E-state index contributed by atoms with van der Waals surface area (Å²) in [5.41, 5.74) is 0. The molecule has 0 radical (unpaired) electrons. The Morgan fingerprint density at radius 3 is 2.50 bits per heavy atom. The van der Waals surface area contributed by atoms with Crippen molar-refractivity contribution < 1.29 is 18.0 Å². The van der Waals surface area contributed by atoms with Gasteiger partial charge in [0.1, 0.15) is 0 Å². The lowest BCUT2D eigenvalue weighted by molar-refractivity contribution is -0.185. The second kappa shape index (κ2) is 7.02. The minimum atomic E-state index is -4.09. The van der Waals surface area contributed by atoms with Gasteiger partial charge in [-0.3, -0.25) is 9.69 Å². The molecule has 2 rings (SSSR count). The lowest BCUT2D eigenvalue weighted by Crippen LogP contribution is -2.44. The number of hydrogen-bond donors (Lipinski definition) is 1. The number of nitrogens with one attached hydrogen (secondary N) is 1. The van der Waals surface area contributed by atoms with Gasteiger partial charge < -0.3 is 5.32 Å². The zero-order valence-electron chi connectivity index (χ0n) is 11.4. The summed E-state index contributed by atoms with van der Waals surface area (Å²) in [6.07, 6.45) is -1.53. The Balaban J connectivity index is 1.63. The maximum absolute atomic E-state index is 12.5. The highest BCUT2D eigenvalue weighted by atomic mass is 32.2. The van der Waals surface area contributed by atoms with Crippen molar-refractivity contribution in [1.82, 2.24) is 10.2 Å². The third kappa shape index (κ3) is 4.84. The van der Waals surface area contributed by atoms with Crippen molar-refractivity contribution in [1.29, 1.82) is 0 Å². The summed E-state index contributed by atoms with van der Waals surface area (Å²) in [6, 6.07) is 0. The topological polar surface area (TPSA) is 32.3 Å². The molecule has 2 fully saturated rings. The lowest BCUT2D eigenvalue weighted by Gasteiger charge is -2.32. The van der Waals surface area contributed by atoms with Crippen molar-refractivity contribution in [3.8, 4) is 0 Å². The number of alkyl halides is 3.